The molecule has 1 amide bonds. The SMILES string of the molecule is CN(C)CCN1CCN(C(=O)c2ccc(NN)cc2)CC1. The summed E-state index contributed by atoms with van der Waals surface area (Å²) in [6.07, 6.45) is 0. The molecular formula is C15H25N5O. The van der Waals surface area contributed by atoms with Gasteiger partial charge in [-0.15, -0.1) is 0 Å². The van der Waals surface area contributed by atoms with Crippen molar-refractivity contribution in [3.05, 3.63) is 29.8 Å². The zero-order valence-corrected chi connectivity index (χ0v) is 12.9. The molecule has 1 fully saturated rings. The quantitative estimate of drug-likeness (QED) is 0.603. The van der Waals surface area contributed by atoms with Gasteiger partial charge in [0.25, 0.3) is 5.91 Å². The summed E-state index contributed by atoms with van der Waals surface area (Å²) in [5.74, 6) is 5.43. The van der Waals surface area contributed by atoms with E-state index < -0.39 is 0 Å². The molecule has 0 bridgehead atoms. The molecule has 3 N–H and O–H groups in total. The van der Waals surface area contributed by atoms with E-state index in [0.29, 0.717) is 0 Å². The largest absolute Gasteiger partial charge is 0.336 e. The van der Waals surface area contributed by atoms with Crippen LogP contribution < -0.4 is 11.3 Å². The van der Waals surface area contributed by atoms with Gasteiger partial charge < -0.3 is 15.2 Å². The molecule has 116 valence electrons. The fraction of sp³-hybridized carbons (Fsp3) is 0.533. The van der Waals surface area contributed by atoms with E-state index in [4.69, 9.17) is 5.84 Å². The van der Waals surface area contributed by atoms with Gasteiger partial charge in [-0.1, -0.05) is 0 Å². The Balaban J connectivity index is 1.84. The normalized spacial score (nSPS) is 16.3. The average molecular weight is 291 g/mol. The van der Waals surface area contributed by atoms with Gasteiger partial charge in [-0.05, 0) is 38.4 Å². The number of anilines is 1. The van der Waals surface area contributed by atoms with E-state index in [-0.39, 0.29) is 5.91 Å². The summed E-state index contributed by atoms with van der Waals surface area (Å²) in [5.41, 5.74) is 4.09. The second kappa shape index (κ2) is 7.40. The highest BCUT2D eigenvalue weighted by Crippen LogP contribution is 2.12. The van der Waals surface area contributed by atoms with Gasteiger partial charge in [-0.2, -0.15) is 0 Å². The Morgan fingerprint density at radius 2 is 1.81 bits per heavy atom. The molecule has 1 aromatic carbocycles. The third-order valence-corrected chi connectivity index (χ3v) is 3.82. The van der Waals surface area contributed by atoms with E-state index in [1.807, 2.05) is 29.2 Å². The van der Waals surface area contributed by atoms with Crippen LogP contribution >= 0.6 is 0 Å². The highest BCUT2D eigenvalue weighted by atomic mass is 16.2. The summed E-state index contributed by atoms with van der Waals surface area (Å²) in [4.78, 5) is 18.9. The van der Waals surface area contributed by atoms with Crippen molar-refractivity contribution >= 4 is 11.6 Å². The highest BCUT2D eigenvalue weighted by Gasteiger charge is 2.21. The third-order valence-electron chi connectivity index (χ3n) is 3.82. The van der Waals surface area contributed by atoms with Crippen molar-refractivity contribution in [1.29, 1.82) is 0 Å². The molecule has 1 saturated heterocycles. The van der Waals surface area contributed by atoms with Gasteiger partial charge in [0.2, 0.25) is 0 Å². The van der Waals surface area contributed by atoms with Crippen LogP contribution in [-0.4, -0.2) is 74.0 Å². The van der Waals surface area contributed by atoms with Crippen molar-refractivity contribution in [1.82, 2.24) is 14.7 Å². The molecule has 0 radical (unpaired) electrons. The number of likely N-dealkylation sites (N-methyl/N-ethyl adjacent to an activating group) is 1. The number of amides is 1. The fourth-order valence-electron chi connectivity index (χ4n) is 2.41. The number of hydrogen-bond acceptors (Lipinski definition) is 5. The molecule has 21 heavy (non-hydrogen) atoms. The number of carbonyl (C=O) groups is 1. The van der Waals surface area contributed by atoms with Crippen molar-refractivity contribution in [3.8, 4) is 0 Å². The Hall–Kier alpha value is -1.63. The number of piperazine rings is 1. The number of carbonyl (C=O) groups excluding carboxylic acids is 1. The smallest absolute Gasteiger partial charge is 0.253 e. The second-order valence-corrected chi connectivity index (χ2v) is 5.66. The van der Waals surface area contributed by atoms with E-state index >= 15 is 0 Å². The van der Waals surface area contributed by atoms with Crippen molar-refractivity contribution in [3.63, 3.8) is 0 Å². The van der Waals surface area contributed by atoms with Gasteiger partial charge in [-0.3, -0.25) is 15.5 Å². The van der Waals surface area contributed by atoms with Crippen LogP contribution in [0.1, 0.15) is 10.4 Å². The summed E-state index contributed by atoms with van der Waals surface area (Å²) in [6.45, 7) is 5.60. The molecule has 0 atom stereocenters. The van der Waals surface area contributed by atoms with Gasteiger partial charge in [0.15, 0.2) is 0 Å². The van der Waals surface area contributed by atoms with E-state index in [0.717, 1.165) is 50.5 Å². The van der Waals surface area contributed by atoms with E-state index in [1.165, 1.54) is 0 Å². The van der Waals surface area contributed by atoms with Crippen LogP contribution in [0.4, 0.5) is 5.69 Å². The van der Waals surface area contributed by atoms with Crippen LogP contribution in [0.3, 0.4) is 0 Å². The zero-order valence-electron chi connectivity index (χ0n) is 12.9. The van der Waals surface area contributed by atoms with E-state index in [9.17, 15) is 4.79 Å². The van der Waals surface area contributed by atoms with Gasteiger partial charge in [0.05, 0.1) is 0 Å². The molecule has 1 aliphatic heterocycles. The molecule has 1 aliphatic rings. The van der Waals surface area contributed by atoms with E-state index in [2.05, 4.69) is 29.3 Å². The number of rotatable bonds is 5. The lowest BCUT2D eigenvalue weighted by Gasteiger charge is -2.35. The molecule has 0 aliphatic carbocycles. The predicted molar refractivity (Wildman–Crippen MR) is 85.1 cm³/mol. The van der Waals surface area contributed by atoms with Crippen LogP contribution in [-0.2, 0) is 0 Å². The molecule has 1 aromatic rings. The van der Waals surface area contributed by atoms with Gasteiger partial charge >= 0.3 is 0 Å². The van der Waals surface area contributed by atoms with Gasteiger partial charge in [0, 0.05) is 50.5 Å². The second-order valence-electron chi connectivity index (χ2n) is 5.66. The van der Waals surface area contributed by atoms with Crippen LogP contribution in [0.25, 0.3) is 0 Å². The van der Waals surface area contributed by atoms with Crippen LogP contribution in [0, 0.1) is 0 Å². The standard InChI is InChI=1S/C15H25N5O/c1-18(2)7-8-19-9-11-20(12-10-19)15(21)13-3-5-14(17-16)6-4-13/h3-6,17H,7-12,16H2,1-2H3. The molecule has 1 heterocycles. The van der Waals surface area contributed by atoms with Crippen LogP contribution in [0.5, 0.6) is 0 Å². The Morgan fingerprint density at radius 3 is 2.33 bits per heavy atom. The van der Waals surface area contributed by atoms with Gasteiger partial charge in [0.1, 0.15) is 0 Å². The fourth-order valence-corrected chi connectivity index (χ4v) is 2.41. The Kier molecular flexibility index (Phi) is 5.55. The Labute approximate surface area is 126 Å². The molecule has 0 saturated carbocycles. The topological polar surface area (TPSA) is 64.8 Å². The molecule has 0 spiro atoms. The highest BCUT2D eigenvalue weighted by molar-refractivity contribution is 5.94. The van der Waals surface area contributed by atoms with Crippen LogP contribution in [0.2, 0.25) is 0 Å². The first-order valence-electron chi connectivity index (χ1n) is 7.33. The first-order chi connectivity index (χ1) is 10.1. The summed E-state index contributed by atoms with van der Waals surface area (Å²) in [6, 6.07) is 7.27. The molecular weight excluding hydrogens is 266 g/mol. The van der Waals surface area contributed by atoms with E-state index in [1.54, 1.807) is 0 Å². The predicted octanol–water partition coefficient (Wildman–Crippen LogP) is 0.292. The summed E-state index contributed by atoms with van der Waals surface area (Å²) < 4.78 is 0. The number of nitrogens with one attached hydrogen (secondary N) is 1. The van der Waals surface area contributed by atoms with Crippen LogP contribution in [0.15, 0.2) is 24.3 Å². The minimum Gasteiger partial charge on any atom is -0.336 e. The molecule has 2 rings (SSSR count). The number of hydrazine groups is 1. The molecule has 6 heteroatoms. The molecule has 0 unspecified atom stereocenters. The minimum atomic E-state index is 0.103. The number of benzene rings is 1. The van der Waals surface area contributed by atoms with Crippen molar-refractivity contribution in [2.24, 2.45) is 5.84 Å². The lowest BCUT2D eigenvalue weighted by molar-refractivity contribution is 0.0630. The Morgan fingerprint density at radius 1 is 1.19 bits per heavy atom. The number of nitrogen functional groups attached to an aromatic ring is 1. The lowest BCUT2D eigenvalue weighted by Crippen LogP contribution is -2.49. The molecule has 0 aromatic heterocycles. The minimum absolute atomic E-state index is 0.103. The third kappa shape index (κ3) is 4.42. The summed E-state index contributed by atoms with van der Waals surface area (Å²) in [7, 11) is 4.17. The van der Waals surface area contributed by atoms with Crippen molar-refractivity contribution in [2.45, 2.75) is 0 Å². The lowest BCUT2D eigenvalue weighted by atomic mass is 10.1. The Bertz CT molecular complexity index is 452. The number of nitrogens with zero attached hydrogens (tertiary/aromatic N) is 3. The average Bonchev–Trinajstić information content (AvgIpc) is 2.53. The van der Waals surface area contributed by atoms with Crippen molar-refractivity contribution < 1.29 is 4.79 Å². The number of nitrogens with two attached hydrogens (primary N) is 1. The summed E-state index contributed by atoms with van der Waals surface area (Å²) in [5, 5.41) is 0. The number of hydrogen-bond donors (Lipinski definition) is 2. The summed E-state index contributed by atoms with van der Waals surface area (Å²) >= 11 is 0. The van der Waals surface area contributed by atoms with Crippen molar-refractivity contribution in [2.75, 3.05) is 58.8 Å². The molecule has 6 nitrogen and oxygen atoms in total. The van der Waals surface area contributed by atoms with Gasteiger partial charge in [-0.25, -0.2) is 0 Å². The first-order valence-corrected chi connectivity index (χ1v) is 7.33. The maximum absolute atomic E-state index is 12.4. The monoisotopic (exact) mass is 291 g/mol. The first kappa shape index (κ1) is 15.8. The maximum atomic E-state index is 12.4. The maximum Gasteiger partial charge on any atom is 0.253 e. The zero-order chi connectivity index (χ0) is 15.2.